The van der Waals surface area contributed by atoms with E-state index in [4.69, 9.17) is 0 Å². The van der Waals surface area contributed by atoms with Gasteiger partial charge in [-0.05, 0) is 24.6 Å². The molecule has 150 valence electrons. The van der Waals surface area contributed by atoms with E-state index in [0.717, 1.165) is 5.82 Å². The van der Waals surface area contributed by atoms with Gasteiger partial charge in [0.25, 0.3) is 0 Å². The highest BCUT2D eigenvalue weighted by Crippen LogP contribution is 2.26. The Bertz CT molecular complexity index is 986. The molecule has 9 heteroatoms. The number of hydrogen-bond donors (Lipinski definition) is 3. The lowest BCUT2D eigenvalue weighted by molar-refractivity contribution is 0.194. The van der Waals surface area contributed by atoms with Crippen molar-refractivity contribution in [3.63, 3.8) is 0 Å². The van der Waals surface area contributed by atoms with E-state index in [1.807, 2.05) is 11.0 Å². The van der Waals surface area contributed by atoms with Gasteiger partial charge in [-0.25, -0.2) is 24.3 Å². The Morgan fingerprint density at radius 1 is 1.21 bits per heavy atom. The van der Waals surface area contributed by atoms with Crippen molar-refractivity contribution in [2.45, 2.75) is 18.6 Å². The Balaban J connectivity index is 1.49. The SMILES string of the molecule is CNc1cc(N2C[C@H](O)C[C@@H]2CNc2nccc(-c3ccccc3F)n2)ncn1. The first-order valence-corrected chi connectivity index (χ1v) is 9.40. The number of aliphatic hydroxyl groups is 1. The maximum Gasteiger partial charge on any atom is 0.223 e. The van der Waals surface area contributed by atoms with Crippen LogP contribution in [0.15, 0.2) is 48.9 Å². The third-order valence-electron chi connectivity index (χ3n) is 4.90. The van der Waals surface area contributed by atoms with Gasteiger partial charge in [-0.15, -0.1) is 0 Å². The van der Waals surface area contributed by atoms with E-state index >= 15 is 0 Å². The molecule has 1 aliphatic rings. The second-order valence-corrected chi connectivity index (χ2v) is 6.83. The number of aromatic nitrogens is 4. The third-order valence-corrected chi connectivity index (χ3v) is 4.90. The molecule has 0 unspecified atom stereocenters. The molecule has 0 aliphatic carbocycles. The van der Waals surface area contributed by atoms with Crippen molar-refractivity contribution in [3.05, 3.63) is 54.7 Å². The average molecular weight is 395 g/mol. The second kappa shape index (κ2) is 8.36. The standard InChI is InChI=1S/C20H22FN7O/c1-22-18-9-19(26-12-25-18)28-11-14(29)8-13(28)10-24-20-23-7-6-17(27-20)15-4-2-3-5-16(15)21/h2-7,9,12-14,29H,8,10-11H2,1H3,(H,22,25,26)(H,23,24,27)/t13-,14-/m1/s1. The summed E-state index contributed by atoms with van der Waals surface area (Å²) in [5.41, 5.74) is 0.940. The summed E-state index contributed by atoms with van der Waals surface area (Å²) in [5.74, 6) is 1.54. The van der Waals surface area contributed by atoms with Crippen molar-refractivity contribution in [2.24, 2.45) is 0 Å². The first-order valence-electron chi connectivity index (χ1n) is 9.40. The monoisotopic (exact) mass is 395 g/mol. The largest absolute Gasteiger partial charge is 0.391 e. The van der Waals surface area contributed by atoms with Crippen molar-refractivity contribution in [2.75, 3.05) is 35.7 Å². The van der Waals surface area contributed by atoms with Gasteiger partial charge in [0, 0.05) is 38.0 Å². The summed E-state index contributed by atoms with van der Waals surface area (Å²) in [6.07, 6.45) is 3.25. The van der Waals surface area contributed by atoms with Crippen LogP contribution in [0.25, 0.3) is 11.3 Å². The third kappa shape index (κ3) is 4.24. The van der Waals surface area contributed by atoms with Gasteiger partial charge in [-0.3, -0.25) is 0 Å². The molecule has 0 saturated carbocycles. The van der Waals surface area contributed by atoms with Gasteiger partial charge in [-0.2, -0.15) is 0 Å². The Kier molecular flexibility index (Phi) is 5.48. The number of hydrogen-bond acceptors (Lipinski definition) is 8. The number of anilines is 3. The Morgan fingerprint density at radius 3 is 2.90 bits per heavy atom. The molecule has 3 N–H and O–H groups in total. The van der Waals surface area contributed by atoms with Gasteiger partial charge < -0.3 is 20.6 Å². The quantitative estimate of drug-likeness (QED) is 0.584. The normalized spacial score (nSPS) is 18.7. The van der Waals surface area contributed by atoms with Gasteiger partial charge in [0.05, 0.1) is 17.8 Å². The number of aliphatic hydroxyl groups excluding tert-OH is 1. The minimum Gasteiger partial charge on any atom is -0.391 e. The fourth-order valence-corrected chi connectivity index (χ4v) is 3.48. The number of nitrogens with zero attached hydrogens (tertiary/aromatic N) is 5. The summed E-state index contributed by atoms with van der Waals surface area (Å²) in [6.45, 7) is 0.999. The Hall–Kier alpha value is -3.33. The van der Waals surface area contributed by atoms with Crippen molar-refractivity contribution in [1.82, 2.24) is 19.9 Å². The minimum atomic E-state index is -0.444. The molecular weight excluding hydrogens is 373 g/mol. The average Bonchev–Trinajstić information content (AvgIpc) is 3.13. The topological polar surface area (TPSA) is 99.1 Å². The van der Waals surface area contributed by atoms with Crippen LogP contribution in [-0.4, -0.2) is 57.3 Å². The summed E-state index contributed by atoms with van der Waals surface area (Å²) in [5, 5.41) is 16.4. The molecule has 2 atom stereocenters. The van der Waals surface area contributed by atoms with Gasteiger partial charge >= 0.3 is 0 Å². The van der Waals surface area contributed by atoms with E-state index in [1.165, 1.54) is 12.4 Å². The molecule has 4 rings (SSSR count). The van der Waals surface area contributed by atoms with Crippen LogP contribution in [0.3, 0.4) is 0 Å². The zero-order valence-electron chi connectivity index (χ0n) is 16.0. The molecule has 0 spiro atoms. The lowest BCUT2D eigenvalue weighted by Gasteiger charge is -2.25. The summed E-state index contributed by atoms with van der Waals surface area (Å²) in [6, 6.07) is 10.0. The van der Waals surface area contributed by atoms with Crippen LogP contribution in [0.5, 0.6) is 0 Å². The molecule has 0 radical (unpaired) electrons. The minimum absolute atomic E-state index is 0.00493. The van der Waals surface area contributed by atoms with Crippen LogP contribution < -0.4 is 15.5 Å². The highest BCUT2D eigenvalue weighted by molar-refractivity contribution is 5.60. The molecular formula is C20H22FN7O. The molecule has 1 saturated heterocycles. The first kappa shape index (κ1) is 19.0. The van der Waals surface area contributed by atoms with Gasteiger partial charge in [0.2, 0.25) is 5.95 Å². The molecule has 2 aromatic heterocycles. The molecule has 1 fully saturated rings. The second-order valence-electron chi connectivity index (χ2n) is 6.83. The maximum atomic E-state index is 14.0. The van der Waals surface area contributed by atoms with Crippen molar-refractivity contribution < 1.29 is 9.50 Å². The molecule has 8 nitrogen and oxygen atoms in total. The summed E-state index contributed by atoms with van der Waals surface area (Å²) in [4.78, 5) is 19.2. The smallest absolute Gasteiger partial charge is 0.223 e. The van der Waals surface area contributed by atoms with E-state index in [1.54, 1.807) is 37.5 Å². The molecule has 3 aromatic rings. The Morgan fingerprint density at radius 2 is 2.07 bits per heavy atom. The van der Waals surface area contributed by atoms with E-state index < -0.39 is 6.10 Å². The lowest BCUT2D eigenvalue weighted by Crippen LogP contribution is -2.36. The number of rotatable bonds is 6. The van der Waals surface area contributed by atoms with E-state index in [9.17, 15) is 9.50 Å². The zero-order chi connectivity index (χ0) is 20.2. The van der Waals surface area contributed by atoms with Crippen LogP contribution in [0.2, 0.25) is 0 Å². The molecule has 1 aliphatic heterocycles. The lowest BCUT2D eigenvalue weighted by atomic mass is 10.1. The summed E-state index contributed by atoms with van der Waals surface area (Å²) in [7, 11) is 1.80. The highest BCUT2D eigenvalue weighted by Gasteiger charge is 2.32. The van der Waals surface area contributed by atoms with Crippen LogP contribution in [-0.2, 0) is 0 Å². The first-order chi connectivity index (χ1) is 14.1. The molecule has 29 heavy (non-hydrogen) atoms. The van der Waals surface area contributed by atoms with Crippen LogP contribution in [0.1, 0.15) is 6.42 Å². The number of β-amino-alcohol motifs (C(OH)–C–C–N with tert-alkyl or cyclic N) is 1. The molecule has 3 heterocycles. The van der Waals surface area contributed by atoms with Crippen LogP contribution >= 0.6 is 0 Å². The van der Waals surface area contributed by atoms with E-state index in [2.05, 4.69) is 30.6 Å². The van der Waals surface area contributed by atoms with E-state index in [-0.39, 0.29) is 11.9 Å². The van der Waals surface area contributed by atoms with Crippen molar-refractivity contribution in [1.29, 1.82) is 0 Å². The molecule has 0 bridgehead atoms. The highest BCUT2D eigenvalue weighted by atomic mass is 19.1. The number of nitrogens with one attached hydrogen (secondary N) is 2. The summed E-state index contributed by atoms with van der Waals surface area (Å²) < 4.78 is 14.0. The number of halogens is 1. The fourth-order valence-electron chi connectivity index (χ4n) is 3.48. The van der Waals surface area contributed by atoms with Crippen molar-refractivity contribution >= 4 is 17.6 Å². The fraction of sp³-hybridized carbons (Fsp3) is 0.300. The van der Waals surface area contributed by atoms with Gasteiger partial charge in [-0.1, -0.05) is 12.1 Å². The number of benzene rings is 1. The molecule has 1 aromatic carbocycles. The van der Waals surface area contributed by atoms with E-state index in [0.29, 0.717) is 42.5 Å². The Labute approximate surface area is 167 Å². The summed E-state index contributed by atoms with van der Waals surface area (Å²) >= 11 is 0. The van der Waals surface area contributed by atoms with Crippen molar-refractivity contribution in [3.8, 4) is 11.3 Å². The van der Waals surface area contributed by atoms with Crippen LogP contribution in [0, 0.1) is 5.82 Å². The van der Waals surface area contributed by atoms with Gasteiger partial charge in [0.1, 0.15) is 23.8 Å². The maximum absolute atomic E-state index is 14.0. The van der Waals surface area contributed by atoms with Gasteiger partial charge in [0.15, 0.2) is 0 Å². The zero-order valence-corrected chi connectivity index (χ0v) is 16.0. The predicted molar refractivity (Wildman–Crippen MR) is 109 cm³/mol. The predicted octanol–water partition coefficient (Wildman–Crippen LogP) is 2.17. The van der Waals surface area contributed by atoms with Crippen LogP contribution in [0.4, 0.5) is 22.0 Å². The molecule has 0 amide bonds.